The fourth-order valence-electron chi connectivity index (χ4n) is 15.0. The maximum atomic E-state index is 9.92. The van der Waals surface area contributed by atoms with Gasteiger partial charge in [0.2, 0.25) is 0 Å². The topological polar surface area (TPSA) is 11.4 Å². The predicted octanol–water partition coefficient (Wildman–Crippen LogP) is 24.4. The minimum absolute atomic E-state index is 0.0288. The highest BCUT2D eigenvalue weighted by Gasteiger charge is 2.47. The van der Waals surface area contributed by atoms with Crippen LogP contribution in [0.1, 0.15) is 96.8 Å². The van der Waals surface area contributed by atoms with E-state index in [1.54, 1.807) is 4.57 Å². The quantitative estimate of drug-likeness (QED) is 0.126. The summed E-state index contributed by atoms with van der Waals surface area (Å²) < 4.78 is 124. The van der Waals surface area contributed by atoms with Crippen LogP contribution in [0.3, 0.4) is 0 Å². The molecule has 482 valence electrons. The van der Waals surface area contributed by atoms with Gasteiger partial charge >= 0.3 is 0 Å². The number of benzene rings is 14. The first-order valence-corrected chi connectivity index (χ1v) is 34.4. The van der Waals surface area contributed by atoms with Gasteiger partial charge in [0.1, 0.15) is 0 Å². The van der Waals surface area contributed by atoms with Crippen LogP contribution in [0.4, 0.5) is 34.1 Å². The van der Waals surface area contributed by atoms with Crippen LogP contribution < -0.4 is 26.2 Å². The summed E-state index contributed by atoms with van der Waals surface area (Å²) in [5.74, 6) is 0. The van der Waals surface area contributed by atoms with Crippen LogP contribution in [-0.2, 0) is 16.2 Å². The van der Waals surface area contributed by atoms with E-state index >= 15 is 0 Å². The van der Waals surface area contributed by atoms with E-state index < -0.39 is 84.0 Å². The Morgan fingerprint density at radius 2 is 0.670 bits per heavy atom. The molecule has 0 unspecified atom stereocenters. The van der Waals surface area contributed by atoms with Crippen LogP contribution >= 0.6 is 0 Å². The van der Waals surface area contributed by atoms with Gasteiger partial charge in [0.15, 0.2) is 0 Å². The van der Waals surface area contributed by atoms with E-state index in [1.165, 1.54) is 0 Å². The first-order valence-electron chi connectivity index (χ1n) is 40.9. The summed E-state index contributed by atoms with van der Waals surface area (Å²) in [6.45, 7) is 19.3. The zero-order valence-corrected chi connectivity index (χ0v) is 57.5. The van der Waals surface area contributed by atoms with Gasteiger partial charge in [-0.1, -0.05) is 305 Å². The Morgan fingerprint density at radius 3 is 1.14 bits per heavy atom. The fraction of sp³-hybridized carbons (Fsp3) is 0.125. The predicted molar refractivity (Wildman–Crippen MR) is 429 cm³/mol. The van der Waals surface area contributed by atoms with Crippen molar-refractivity contribution in [2.45, 2.75) is 78.6 Å². The molecule has 14 aromatic carbocycles. The molecule has 0 saturated carbocycles. The zero-order chi connectivity index (χ0) is 79.5. The number of fused-ring (bicyclic) bond motifs is 7. The summed E-state index contributed by atoms with van der Waals surface area (Å²) in [4.78, 5) is 4.79. The molecule has 0 radical (unpaired) electrons. The second kappa shape index (κ2) is 24.2. The van der Waals surface area contributed by atoms with Gasteiger partial charge in [-0.25, -0.2) is 0 Å². The summed E-state index contributed by atoms with van der Waals surface area (Å²) in [5, 5.41) is -0.115. The largest absolute Gasteiger partial charge is 0.310 e. The lowest BCUT2D eigenvalue weighted by molar-refractivity contribution is 0.590. The Bertz CT molecular complexity index is 6210. The van der Waals surface area contributed by atoms with Crippen LogP contribution in [-0.4, -0.2) is 11.3 Å². The van der Waals surface area contributed by atoms with Crippen molar-refractivity contribution < 1.29 is 17.8 Å². The molecular weight excluding hydrogens is 1210 g/mol. The molecular formula is C96H80BN3. The first kappa shape index (κ1) is 49.1. The molecule has 0 fully saturated rings. The Labute approximate surface area is 608 Å². The number of nitrogens with zero attached hydrogens (tertiary/aromatic N) is 3. The van der Waals surface area contributed by atoms with E-state index in [2.05, 4.69) is 230 Å². The molecule has 2 aliphatic heterocycles. The molecule has 3 nitrogen and oxygen atoms in total. The SMILES string of the molecule is [2H]c1c([2H])c([2H])c(-c2ccc3c(c2)B2c4ccc(-n5c6c([2H])c([2H])c([2H])c([2H])c6c6c([2H])c([2H])c([2H])c([2H])c65)cc4N(c4c(-c5cccc(-c6ccccc6)c5)cc(C(C)(C)C)cc4-c4cccc(-c5ccccc5)c4)c4cc(C(C)(C)C)cc(c42)N3c2c(-c3ccccc3)cc(C(C)(C)C)cc2-c2ccccc2)c([2H])c1[2H]. The second-order valence-corrected chi connectivity index (χ2v) is 29.5. The van der Waals surface area contributed by atoms with Gasteiger partial charge in [-0.05, 0) is 184 Å². The Morgan fingerprint density at radius 1 is 0.280 bits per heavy atom. The Kier molecular flexibility index (Phi) is 11.9. The summed E-state index contributed by atoms with van der Waals surface area (Å²) in [7, 11) is 0. The van der Waals surface area contributed by atoms with E-state index in [-0.39, 0.29) is 44.9 Å². The normalized spacial score (nSPS) is 14.6. The van der Waals surface area contributed by atoms with E-state index in [0.717, 1.165) is 128 Å². The Balaban J connectivity index is 1.11. The van der Waals surface area contributed by atoms with Gasteiger partial charge in [-0.15, -0.1) is 0 Å². The summed E-state index contributed by atoms with van der Waals surface area (Å²) in [6.07, 6.45) is 0. The van der Waals surface area contributed by atoms with Crippen molar-refractivity contribution in [3.8, 4) is 83.6 Å². The first-order chi connectivity index (χ1) is 53.9. The molecule has 0 amide bonds. The molecule has 0 atom stereocenters. The van der Waals surface area contributed by atoms with Crippen LogP contribution in [0.5, 0.6) is 0 Å². The average molecular weight is 1300 g/mol. The Hall–Kier alpha value is -11.5. The molecule has 4 heteroatoms. The number of rotatable bonds is 10. The van der Waals surface area contributed by atoms with Crippen molar-refractivity contribution in [2.75, 3.05) is 9.80 Å². The molecule has 17 rings (SSSR count). The third-order valence-electron chi connectivity index (χ3n) is 20.1. The van der Waals surface area contributed by atoms with E-state index in [4.69, 9.17) is 4.11 Å². The minimum atomic E-state index is -0.768. The van der Waals surface area contributed by atoms with E-state index in [0.29, 0.717) is 16.9 Å². The monoisotopic (exact) mass is 1300 g/mol. The van der Waals surface area contributed by atoms with E-state index in [9.17, 15) is 13.7 Å². The lowest BCUT2D eigenvalue weighted by atomic mass is 9.33. The van der Waals surface area contributed by atoms with Crippen LogP contribution in [0.25, 0.3) is 105 Å². The van der Waals surface area contributed by atoms with Gasteiger partial charge in [-0.2, -0.15) is 0 Å². The smallest absolute Gasteiger partial charge is 0.252 e. The highest BCUT2D eigenvalue weighted by atomic mass is 15.2. The molecule has 1 aromatic heterocycles. The highest BCUT2D eigenvalue weighted by molar-refractivity contribution is 7.00. The van der Waals surface area contributed by atoms with Gasteiger partial charge in [-0.3, -0.25) is 0 Å². The molecule has 0 spiro atoms. The van der Waals surface area contributed by atoms with Crippen molar-refractivity contribution >= 4 is 79.0 Å². The maximum Gasteiger partial charge on any atom is 0.252 e. The van der Waals surface area contributed by atoms with Crippen molar-refractivity contribution in [1.29, 1.82) is 0 Å². The number of para-hydroxylation sites is 2. The molecule has 0 saturated heterocycles. The van der Waals surface area contributed by atoms with Gasteiger partial charge in [0, 0.05) is 61.5 Å². The van der Waals surface area contributed by atoms with Crippen LogP contribution in [0.15, 0.2) is 321 Å². The molecule has 15 aromatic rings. The van der Waals surface area contributed by atoms with Crippen molar-refractivity contribution in [3.05, 3.63) is 338 Å². The minimum Gasteiger partial charge on any atom is -0.310 e. The average Bonchev–Trinajstić information content (AvgIpc) is 1.30. The fourth-order valence-corrected chi connectivity index (χ4v) is 15.0. The lowest BCUT2D eigenvalue weighted by Gasteiger charge is -2.47. The maximum absolute atomic E-state index is 9.92. The summed E-state index contributed by atoms with van der Waals surface area (Å²) in [6, 6.07) is 78.6. The van der Waals surface area contributed by atoms with Crippen LogP contribution in [0.2, 0.25) is 0 Å². The number of aromatic nitrogens is 1. The lowest BCUT2D eigenvalue weighted by Crippen LogP contribution is -2.61. The highest BCUT2D eigenvalue weighted by Crippen LogP contribution is 2.56. The molecule has 2 aliphatic rings. The van der Waals surface area contributed by atoms with Crippen molar-refractivity contribution in [1.82, 2.24) is 4.57 Å². The van der Waals surface area contributed by atoms with E-state index in [1.807, 2.05) is 84.9 Å². The van der Waals surface area contributed by atoms with Gasteiger partial charge in [0.25, 0.3) is 6.71 Å². The summed E-state index contributed by atoms with van der Waals surface area (Å²) >= 11 is 0. The molecule has 0 bridgehead atoms. The number of anilines is 6. The van der Waals surface area contributed by atoms with Crippen molar-refractivity contribution in [3.63, 3.8) is 0 Å². The zero-order valence-electron chi connectivity index (χ0n) is 70.5. The second-order valence-electron chi connectivity index (χ2n) is 29.5. The summed E-state index contributed by atoms with van der Waals surface area (Å²) in [5.41, 5.74) is 20.7. The third kappa shape index (κ3) is 10.8. The van der Waals surface area contributed by atoms with Gasteiger partial charge < -0.3 is 14.4 Å². The molecule has 3 heterocycles. The molecule has 0 aliphatic carbocycles. The third-order valence-corrected chi connectivity index (χ3v) is 20.1. The molecule has 100 heavy (non-hydrogen) atoms. The van der Waals surface area contributed by atoms with Crippen LogP contribution in [0, 0.1) is 0 Å². The van der Waals surface area contributed by atoms with Crippen molar-refractivity contribution in [2.24, 2.45) is 0 Å². The standard InChI is InChI=1S/C96H80BN3/c1-94(2,3)73-56-79(66-37-21-13-22-38-66)92(80(57-73)67-39-23-14-24-40-67)99-87-52-49-70(65-35-19-12-20-36-65)55-84(87)97-83-51-50-76(98-85-47-27-25-45-77(85)78-46-26-28-48-86(78)98)62-88(83)100(90-61-75(96(7,8)9)60-89(99)91(90)97)93-81(71-43-29-41-68(53-71)63-31-15-10-16-32-63)58-74(95(4,5)6)59-82(93)72-44-30-42-69(54-72)64-33-17-11-18-34-64/h10-62H,1-9H3/i12D,19D,20D,25D,26D,27D,28D,35D,36D,45D,46D,47D,48D. The number of hydrogen-bond donors (Lipinski definition) is 0. The number of hydrogen-bond acceptors (Lipinski definition) is 2. The van der Waals surface area contributed by atoms with Gasteiger partial charge in [0.05, 0.1) is 40.2 Å². The molecule has 0 N–H and O–H groups in total.